The van der Waals surface area contributed by atoms with E-state index in [4.69, 9.17) is 28.9 Å². The highest BCUT2D eigenvalue weighted by atomic mass is 35.5. The lowest BCUT2D eigenvalue weighted by molar-refractivity contribution is -0.133. The summed E-state index contributed by atoms with van der Waals surface area (Å²) in [5.41, 5.74) is 6.04. The molecular formula is C9H8Cl2F3N. The second kappa shape index (κ2) is 4.49. The standard InChI is InChI=1S/C9H8Cl2F3N/c10-7-3-5(15)4-8(11)6(7)1-2-9(12,13)14/h3-4H,1-2,15H2. The average molecular weight is 258 g/mol. The number of benzene rings is 1. The van der Waals surface area contributed by atoms with Gasteiger partial charge in [0.05, 0.1) is 0 Å². The van der Waals surface area contributed by atoms with Crippen molar-refractivity contribution in [2.75, 3.05) is 5.73 Å². The van der Waals surface area contributed by atoms with Crippen LogP contribution in [-0.2, 0) is 6.42 Å². The van der Waals surface area contributed by atoms with Crippen LogP contribution >= 0.6 is 23.2 Å². The molecule has 0 amide bonds. The molecule has 0 fully saturated rings. The molecule has 1 nitrogen and oxygen atoms in total. The zero-order valence-corrected chi connectivity index (χ0v) is 9.05. The van der Waals surface area contributed by atoms with Crippen molar-refractivity contribution in [2.24, 2.45) is 0 Å². The zero-order chi connectivity index (χ0) is 11.6. The lowest BCUT2D eigenvalue weighted by Crippen LogP contribution is -2.09. The minimum atomic E-state index is -4.21. The predicted octanol–water partition coefficient (Wildman–Crippen LogP) is 4.07. The highest BCUT2D eigenvalue weighted by molar-refractivity contribution is 6.36. The fourth-order valence-electron chi connectivity index (χ4n) is 1.13. The largest absolute Gasteiger partial charge is 0.399 e. The molecular weight excluding hydrogens is 250 g/mol. The van der Waals surface area contributed by atoms with Crippen LogP contribution in [0.15, 0.2) is 12.1 Å². The number of nitrogen functional groups attached to an aromatic ring is 1. The van der Waals surface area contributed by atoms with E-state index in [-0.39, 0.29) is 22.0 Å². The quantitative estimate of drug-likeness (QED) is 0.795. The summed E-state index contributed by atoms with van der Waals surface area (Å²) in [4.78, 5) is 0. The summed E-state index contributed by atoms with van der Waals surface area (Å²) in [5, 5.41) is 0.341. The van der Waals surface area contributed by atoms with Gasteiger partial charge >= 0.3 is 6.18 Å². The predicted molar refractivity (Wildman–Crippen MR) is 55.3 cm³/mol. The monoisotopic (exact) mass is 257 g/mol. The lowest BCUT2D eigenvalue weighted by atomic mass is 10.1. The number of anilines is 1. The van der Waals surface area contributed by atoms with Gasteiger partial charge in [0.25, 0.3) is 0 Å². The summed E-state index contributed by atoms with van der Waals surface area (Å²) in [7, 11) is 0. The Labute approximate surface area is 95.0 Å². The minimum Gasteiger partial charge on any atom is -0.399 e. The van der Waals surface area contributed by atoms with E-state index in [2.05, 4.69) is 0 Å². The van der Waals surface area contributed by atoms with Gasteiger partial charge in [-0.1, -0.05) is 23.2 Å². The van der Waals surface area contributed by atoms with Crippen molar-refractivity contribution in [1.82, 2.24) is 0 Å². The van der Waals surface area contributed by atoms with Crippen molar-refractivity contribution in [1.29, 1.82) is 0 Å². The highest BCUT2D eigenvalue weighted by Crippen LogP contribution is 2.31. The molecule has 2 N–H and O–H groups in total. The van der Waals surface area contributed by atoms with Crippen LogP contribution in [0.4, 0.5) is 18.9 Å². The average Bonchev–Trinajstić information content (AvgIpc) is 1.99. The Bertz CT molecular complexity index is 340. The van der Waals surface area contributed by atoms with Gasteiger partial charge in [0, 0.05) is 22.2 Å². The third kappa shape index (κ3) is 3.80. The molecule has 0 unspecified atom stereocenters. The van der Waals surface area contributed by atoms with Gasteiger partial charge in [0.15, 0.2) is 0 Å². The summed E-state index contributed by atoms with van der Waals surface area (Å²) >= 11 is 11.5. The van der Waals surface area contributed by atoms with Gasteiger partial charge in [-0.05, 0) is 24.1 Å². The van der Waals surface area contributed by atoms with E-state index in [1.165, 1.54) is 12.1 Å². The van der Waals surface area contributed by atoms with E-state index in [1.54, 1.807) is 0 Å². The van der Waals surface area contributed by atoms with Gasteiger partial charge in [-0.15, -0.1) is 0 Å². The first kappa shape index (κ1) is 12.5. The van der Waals surface area contributed by atoms with Gasteiger partial charge in [-0.3, -0.25) is 0 Å². The van der Waals surface area contributed by atoms with Crippen LogP contribution in [0, 0.1) is 0 Å². The Balaban J connectivity index is 2.86. The zero-order valence-electron chi connectivity index (χ0n) is 7.54. The molecule has 0 saturated carbocycles. The molecule has 0 aliphatic heterocycles. The van der Waals surface area contributed by atoms with Crippen LogP contribution in [0.2, 0.25) is 10.0 Å². The van der Waals surface area contributed by atoms with E-state index in [9.17, 15) is 13.2 Å². The lowest BCUT2D eigenvalue weighted by Gasteiger charge is -2.10. The number of nitrogens with two attached hydrogens (primary N) is 1. The van der Waals surface area contributed by atoms with Gasteiger partial charge in [0.1, 0.15) is 0 Å². The number of hydrogen-bond donors (Lipinski definition) is 1. The molecule has 15 heavy (non-hydrogen) atoms. The molecule has 0 aromatic heterocycles. The Hall–Kier alpha value is -0.610. The molecule has 84 valence electrons. The van der Waals surface area contributed by atoms with E-state index < -0.39 is 12.6 Å². The van der Waals surface area contributed by atoms with Crippen LogP contribution in [0.3, 0.4) is 0 Å². The molecule has 1 aromatic carbocycles. The number of halogens is 5. The molecule has 0 atom stereocenters. The molecule has 6 heteroatoms. The summed E-state index contributed by atoms with van der Waals surface area (Å²) in [6.45, 7) is 0. The molecule has 0 spiro atoms. The normalized spacial score (nSPS) is 11.8. The summed E-state index contributed by atoms with van der Waals surface area (Å²) in [5.74, 6) is 0. The number of hydrogen-bond acceptors (Lipinski definition) is 1. The summed E-state index contributed by atoms with van der Waals surface area (Å²) < 4.78 is 35.9. The second-order valence-corrected chi connectivity index (χ2v) is 3.89. The summed E-state index contributed by atoms with van der Waals surface area (Å²) in [6, 6.07) is 2.78. The first-order chi connectivity index (χ1) is 6.79. The van der Waals surface area contributed by atoms with E-state index in [1.807, 2.05) is 0 Å². The highest BCUT2D eigenvalue weighted by Gasteiger charge is 2.27. The van der Waals surface area contributed by atoms with Gasteiger partial charge in [-0.2, -0.15) is 13.2 Å². The molecule has 0 saturated heterocycles. The number of alkyl halides is 3. The molecule has 0 aliphatic rings. The van der Waals surface area contributed by atoms with E-state index in [0.29, 0.717) is 5.69 Å². The van der Waals surface area contributed by atoms with Crippen LogP contribution < -0.4 is 5.73 Å². The molecule has 1 aromatic rings. The topological polar surface area (TPSA) is 26.0 Å². The van der Waals surface area contributed by atoms with E-state index in [0.717, 1.165) is 0 Å². The number of rotatable bonds is 2. The van der Waals surface area contributed by atoms with Crippen molar-refractivity contribution in [3.05, 3.63) is 27.7 Å². The van der Waals surface area contributed by atoms with Crippen LogP contribution in [0.25, 0.3) is 0 Å². The van der Waals surface area contributed by atoms with Crippen LogP contribution in [-0.4, -0.2) is 6.18 Å². The Morgan fingerprint density at radius 2 is 1.60 bits per heavy atom. The molecule has 0 aliphatic carbocycles. The smallest absolute Gasteiger partial charge is 0.389 e. The third-order valence-electron chi connectivity index (χ3n) is 1.82. The molecule has 0 bridgehead atoms. The van der Waals surface area contributed by atoms with Gasteiger partial charge < -0.3 is 5.73 Å². The maximum atomic E-state index is 12.0. The van der Waals surface area contributed by atoms with Crippen molar-refractivity contribution in [2.45, 2.75) is 19.0 Å². The van der Waals surface area contributed by atoms with Crippen molar-refractivity contribution < 1.29 is 13.2 Å². The maximum Gasteiger partial charge on any atom is 0.389 e. The first-order valence-electron chi connectivity index (χ1n) is 4.10. The Morgan fingerprint density at radius 3 is 2.00 bits per heavy atom. The first-order valence-corrected chi connectivity index (χ1v) is 4.85. The van der Waals surface area contributed by atoms with Crippen molar-refractivity contribution in [3.8, 4) is 0 Å². The SMILES string of the molecule is Nc1cc(Cl)c(CCC(F)(F)F)c(Cl)c1. The van der Waals surface area contributed by atoms with Crippen LogP contribution in [0.1, 0.15) is 12.0 Å². The minimum absolute atomic E-state index is 0.171. The second-order valence-electron chi connectivity index (χ2n) is 3.08. The molecule has 0 heterocycles. The van der Waals surface area contributed by atoms with Crippen molar-refractivity contribution >= 4 is 28.9 Å². The fraction of sp³-hybridized carbons (Fsp3) is 0.333. The van der Waals surface area contributed by atoms with Crippen LogP contribution in [0.5, 0.6) is 0 Å². The molecule has 0 radical (unpaired) electrons. The Morgan fingerprint density at radius 1 is 1.13 bits per heavy atom. The van der Waals surface area contributed by atoms with E-state index >= 15 is 0 Å². The van der Waals surface area contributed by atoms with Gasteiger partial charge in [-0.25, -0.2) is 0 Å². The summed E-state index contributed by atoms with van der Waals surface area (Å²) in [6.07, 6.45) is -5.40. The Kier molecular flexibility index (Phi) is 3.73. The van der Waals surface area contributed by atoms with Gasteiger partial charge in [0.2, 0.25) is 0 Å². The fourth-order valence-corrected chi connectivity index (χ4v) is 1.82. The third-order valence-corrected chi connectivity index (χ3v) is 2.50. The van der Waals surface area contributed by atoms with Crippen molar-refractivity contribution in [3.63, 3.8) is 0 Å². The molecule has 1 rings (SSSR count). The maximum absolute atomic E-state index is 12.0.